The Morgan fingerprint density at radius 3 is 3.31 bits per heavy atom. The lowest BCUT2D eigenvalue weighted by Gasteiger charge is -1.83. The maximum Gasteiger partial charge on any atom is 0.159 e. The van der Waals surface area contributed by atoms with E-state index < -0.39 is 0 Å². The summed E-state index contributed by atoms with van der Waals surface area (Å²) < 4.78 is 1.81. The number of azide groups is 1. The third-order valence-corrected chi connectivity index (χ3v) is 2.75. The Labute approximate surface area is 82.2 Å². The highest BCUT2D eigenvalue weighted by molar-refractivity contribution is 7.73. The molecule has 13 heavy (non-hydrogen) atoms. The number of hydrogen-bond acceptors (Lipinski definition) is 3. The molecule has 1 aliphatic rings. The van der Waals surface area contributed by atoms with Gasteiger partial charge in [0.15, 0.2) is 3.95 Å². The van der Waals surface area contributed by atoms with Crippen molar-refractivity contribution in [2.75, 3.05) is 6.54 Å². The first-order valence-electron chi connectivity index (χ1n) is 3.51. The molecule has 0 fully saturated rings. The fraction of sp³-hybridized carbons (Fsp3) is 0.143. The van der Waals surface area contributed by atoms with Gasteiger partial charge in [0.05, 0.1) is 11.1 Å². The van der Waals surface area contributed by atoms with Crippen LogP contribution in [0.25, 0.3) is 22.3 Å². The average molecular weight is 208 g/mol. The Kier molecular flexibility index (Phi) is 2.04. The lowest BCUT2D eigenvalue weighted by atomic mass is 10.3. The number of aromatic nitrogens is 1. The Hall–Kier alpha value is -1.32. The van der Waals surface area contributed by atoms with Gasteiger partial charge in [-0.1, -0.05) is 10.8 Å². The zero-order valence-electron chi connectivity index (χ0n) is 6.44. The number of fused-ring (bicyclic) bond motifs is 1. The van der Waals surface area contributed by atoms with E-state index in [-0.39, 0.29) is 0 Å². The summed E-state index contributed by atoms with van der Waals surface area (Å²) >= 11 is 6.46. The second kappa shape index (κ2) is 3.20. The van der Waals surface area contributed by atoms with E-state index in [0.29, 0.717) is 6.54 Å². The first-order valence-corrected chi connectivity index (χ1v) is 4.73. The van der Waals surface area contributed by atoms with Crippen molar-refractivity contribution in [3.05, 3.63) is 29.9 Å². The van der Waals surface area contributed by atoms with Crippen molar-refractivity contribution in [1.29, 1.82) is 0 Å². The third kappa shape index (κ3) is 1.56. The molecule has 0 atom stereocenters. The number of rotatable bonds is 2. The highest BCUT2D eigenvalue weighted by Gasteiger charge is 1.99. The van der Waals surface area contributed by atoms with Gasteiger partial charge in [-0.3, -0.25) is 0 Å². The Morgan fingerprint density at radius 1 is 1.77 bits per heavy atom. The zero-order valence-corrected chi connectivity index (χ0v) is 8.08. The summed E-state index contributed by atoms with van der Waals surface area (Å²) in [4.78, 5) is 5.68. The van der Waals surface area contributed by atoms with Crippen LogP contribution in [0, 0.1) is 3.95 Å². The fourth-order valence-electron chi connectivity index (χ4n) is 1.08. The number of nitrogens with one attached hydrogen (secondary N) is 1. The van der Waals surface area contributed by atoms with Crippen LogP contribution < -0.4 is 9.88 Å². The van der Waals surface area contributed by atoms with Crippen molar-refractivity contribution in [3.8, 4) is 0 Å². The van der Waals surface area contributed by atoms with Crippen LogP contribution in [0.3, 0.4) is 0 Å². The summed E-state index contributed by atoms with van der Waals surface area (Å²) in [6.45, 7) is 0.346. The Bertz CT molecular complexity index is 593. The summed E-state index contributed by atoms with van der Waals surface area (Å²) in [7, 11) is 0. The van der Waals surface area contributed by atoms with Gasteiger partial charge < -0.3 is 4.98 Å². The predicted molar refractivity (Wildman–Crippen MR) is 54.2 cm³/mol. The van der Waals surface area contributed by atoms with E-state index in [2.05, 4.69) is 20.7 Å². The zero-order chi connectivity index (χ0) is 9.26. The molecule has 64 valence electrons. The lowest BCUT2D eigenvalue weighted by molar-refractivity contribution is 1.19. The van der Waals surface area contributed by atoms with E-state index in [0.717, 1.165) is 19.4 Å². The molecule has 0 bridgehead atoms. The molecular formula is C7H4N4S2. The van der Waals surface area contributed by atoms with E-state index >= 15 is 0 Å². The number of thiazole rings is 1. The minimum absolute atomic E-state index is 0.346. The molecule has 1 aliphatic carbocycles. The van der Waals surface area contributed by atoms with Crippen LogP contribution in [0.15, 0.2) is 10.7 Å². The maximum atomic E-state index is 8.12. The standard InChI is InChI=1S/C7H4N4S2/c8-11-9-3-4-1-5-6(2-4)13-7(12)10-5/h2H,3H2,(H,10,12). The Balaban J connectivity index is 2.53. The van der Waals surface area contributed by atoms with Crippen LogP contribution in [0.2, 0.25) is 0 Å². The second-order valence-electron chi connectivity index (χ2n) is 2.44. The van der Waals surface area contributed by atoms with Crippen LogP contribution in [0.4, 0.5) is 0 Å². The summed E-state index contributed by atoms with van der Waals surface area (Å²) in [5.74, 6) is 0. The van der Waals surface area contributed by atoms with Gasteiger partial charge in [0, 0.05) is 10.5 Å². The second-order valence-corrected chi connectivity index (χ2v) is 4.16. The van der Waals surface area contributed by atoms with Crippen molar-refractivity contribution in [1.82, 2.24) is 4.98 Å². The third-order valence-electron chi connectivity index (χ3n) is 1.57. The molecule has 0 aliphatic heterocycles. The molecule has 1 aromatic rings. The molecular weight excluding hydrogens is 204 g/mol. The molecule has 0 unspecified atom stereocenters. The molecule has 1 aromatic heterocycles. The van der Waals surface area contributed by atoms with E-state index in [4.69, 9.17) is 17.7 Å². The largest absolute Gasteiger partial charge is 0.330 e. The smallest absolute Gasteiger partial charge is 0.159 e. The molecule has 0 saturated heterocycles. The minimum atomic E-state index is 0.346. The molecule has 0 aromatic carbocycles. The molecule has 6 heteroatoms. The molecule has 0 spiro atoms. The van der Waals surface area contributed by atoms with Crippen LogP contribution in [0.1, 0.15) is 0 Å². The fourth-order valence-corrected chi connectivity index (χ4v) is 2.21. The van der Waals surface area contributed by atoms with Gasteiger partial charge in [-0.15, -0.1) is 11.3 Å². The number of nitrogens with zero attached hydrogens (tertiary/aromatic N) is 3. The summed E-state index contributed by atoms with van der Waals surface area (Å²) in [6.07, 6.45) is 1.93. The van der Waals surface area contributed by atoms with E-state index in [9.17, 15) is 0 Å². The lowest BCUT2D eigenvalue weighted by Crippen LogP contribution is -2.15. The van der Waals surface area contributed by atoms with Gasteiger partial charge in [-0.05, 0) is 23.8 Å². The highest BCUT2D eigenvalue weighted by atomic mass is 32.1. The van der Waals surface area contributed by atoms with E-state index in [1.165, 1.54) is 11.3 Å². The van der Waals surface area contributed by atoms with Crippen LogP contribution >= 0.6 is 23.6 Å². The van der Waals surface area contributed by atoms with Crippen molar-refractivity contribution < 1.29 is 0 Å². The summed E-state index contributed by atoms with van der Waals surface area (Å²) in [6, 6.07) is 0. The van der Waals surface area contributed by atoms with Gasteiger partial charge in [-0.25, -0.2) is 0 Å². The predicted octanol–water partition coefficient (Wildman–Crippen LogP) is 1.22. The van der Waals surface area contributed by atoms with Gasteiger partial charge >= 0.3 is 0 Å². The molecule has 2 rings (SSSR count). The van der Waals surface area contributed by atoms with Crippen LogP contribution in [-0.4, -0.2) is 11.5 Å². The SMILES string of the molecule is [N-]=[N+]=NCC1=C=c2[nH]c(=S)sc2=C1. The van der Waals surface area contributed by atoms with Crippen LogP contribution in [-0.2, 0) is 0 Å². The van der Waals surface area contributed by atoms with E-state index in [1.54, 1.807) is 0 Å². The molecule has 0 amide bonds. The molecule has 0 radical (unpaired) electrons. The van der Waals surface area contributed by atoms with Gasteiger partial charge in [0.25, 0.3) is 0 Å². The van der Waals surface area contributed by atoms with Gasteiger partial charge in [0.1, 0.15) is 5.35 Å². The monoisotopic (exact) mass is 208 g/mol. The van der Waals surface area contributed by atoms with Crippen molar-refractivity contribution in [3.63, 3.8) is 0 Å². The first kappa shape index (κ1) is 8.29. The minimum Gasteiger partial charge on any atom is -0.330 e. The normalized spacial score (nSPS) is 12.2. The number of H-pyrrole nitrogens is 1. The first-order chi connectivity index (χ1) is 6.29. The maximum absolute atomic E-state index is 8.12. The highest BCUT2D eigenvalue weighted by Crippen LogP contribution is 1.99. The quantitative estimate of drug-likeness (QED) is 0.337. The van der Waals surface area contributed by atoms with E-state index in [1.807, 2.05) is 6.08 Å². The number of aromatic amines is 1. The molecule has 1 heterocycles. The van der Waals surface area contributed by atoms with Crippen molar-refractivity contribution in [2.45, 2.75) is 0 Å². The topological polar surface area (TPSA) is 64.6 Å². The van der Waals surface area contributed by atoms with Gasteiger partial charge in [0.2, 0.25) is 0 Å². The molecule has 0 saturated carbocycles. The molecule has 4 nitrogen and oxygen atoms in total. The van der Waals surface area contributed by atoms with Gasteiger partial charge in [-0.2, -0.15) is 0 Å². The summed E-state index contributed by atoms with van der Waals surface area (Å²) in [5.41, 5.74) is 12.1. The van der Waals surface area contributed by atoms with Crippen LogP contribution in [0.5, 0.6) is 0 Å². The summed E-state index contributed by atoms with van der Waals surface area (Å²) in [5, 5.41) is 4.35. The average Bonchev–Trinajstić information content (AvgIpc) is 2.57. The van der Waals surface area contributed by atoms with Crippen molar-refractivity contribution >= 4 is 35.4 Å². The molecule has 1 N–H and O–H groups in total. The Morgan fingerprint density at radius 2 is 2.62 bits per heavy atom. The van der Waals surface area contributed by atoms with Crippen molar-refractivity contribution in [2.24, 2.45) is 5.11 Å². The number of hydrogen-bond donors (Lipinski definition) is 1.